The van der Waals surface area contributed by atoms with Crippen molar-refractivity contribution in [3.63, 3.8) is 0 Å². The third kappa shape index (κ3) is 4.02. The van der Waals surface area contributed by atoms with Crippen LogP contribution in [0.15, 0.2) is 0 Å². The van der Waals surface area contributed by atoms with Crippen LogP contribution in [0.25, 0.3) is 0 Å². The summed E-state index contributed by atoms with van der Waals surface area (Å²) in [5.74, 6) is 0.278. The second-order valence-electron chi connectivity index (χ2n) is 6.41. The van der Waals surface area contributed by atoms with E-state index in [2.05, 4.69) is 31.2 Å². The zero-order valence-corrected chi connectivity index (χ0v) is 14.5. The lowest BCUT2D eigenvalue weighted by Gasteiger charge is -2.23. The highest BCUT2D eigenvalue weighted by Crippen LogP contribution is 2.21. The van der Waals surface area contributed by atoms with Crippen LogP contribution in [0.4, 0.5) is 5.69 Å². The van der Waals surface area contributed by atoms with Gasteiger partial charge in [-0.3, -0.25) is 9.48 Å². The fourth-order valence-electron chi connectivity index (χ4n) is 3.22. The van der Waals surface area contributed by atoms with Gasteiger partial charge in [-0.2, -0.15) is 5.10 Å². The highest BCUT2D eigenvalue weighted by Gasteiger charge is 2.19. The summed E-state index contributed by atoms with van der Waals surface area (Å²) in [6, 6.07) is 0.127. The van der Waals surface area contributed by atoms with Gasteiger partial charge in [0.25, 0.3) is 0 Å². The molecule has 1 aromatic heterocycles. The average molecular weight is 306 g/mol. The minimum absolute atomic E-state index is 0.127. The molecule has 1 aromatic rings. The number of carbonyl (C=O) groups excluding carboxylic acids is 1. The molecule has 0 aromatic carbocycles. The van der Waals surface area contributed by atoms with E-state index < -0.39 is 0 Å². The molecule has 2 heterocycles. The number of hydrogen-bond acceptors (Lipinski definition) is 3. The molecule has 0 spiro atoms. The first-order chi connectivity index (χ1) is 10.5. The molecular formula is C17H30N4O. The van der Waals surface area contributed by atoms with E-state index in [0.29, 0.717) is 6.42 Å². The van der Waals surface area contributed by atoms with Crippen LogP contribution in [0, 0.1) is 13.8 Å². The van der Waals surface area contributed by atoms with Crippen molar-refractivity contribution in [2.75, 3.05) is 18.4 Å². The minimum Gasteiger partial charge on any atom is -0.379 e. The maximum absolute atomic E-state index is 12.4. The molecule has 5 heteroatoms. The Hall–Kier alpha value is -1.52. The van der Waals surface area contributed by atoms with E-state index in [-0.39, 0.29) is 11.9 Å². The maximum Gasteiger partial charge on any atom is 0.224 e. The second-order valence-corrected chi connectivity index (χ2v) is 6.41. The van der Waals surface area contributed by atoms with Crippen LogP contribution in [0.3, 0.4) is 0 Å². The third-order valence-corrected chi connectivity index (χ3v) is 4.51. The number of nitrogens with one attached hydrogen (secondary N) is 1. The van der Waals surface area contributed by atoms with Crippen LogP contribution in [0.1, 0.15) is 57.3 Å². The fourth-order valence-corrected chi connectivity index (χ4v) is 3.22. The van der Waals surface area contributed by atoms with Gasteiger partial charge in [-0.25, -0.2) is 0 Å². The van der Waals surface area contributed by atoms with E-state index in [1.165, 1.54) is 12.8 Å². The summed E-state index contributed by atoms with van der Waals surface area (Å²) in [5.41, 5.74) is 3.24. The number of amides is 1. The highest BCUT2D eigenvalue weighted by molar-refractivity contribution is 5.77. The van der Waals surface area contributed by atoms with Gasteiger partial charge in [-0.1, -0.05) is 12.8 Å². The number of carbonyl (C=O) groups is 1. The first kappa shape index (κ1) is 16.8. The predicted molar refractivity (Wildman–Crippen MR) is 90.1 cm³/mol. The smallest absolute Gasteiger partial charge is 0.224 e. The highest BCUT2D eigenvalue weighted by atomic mass is 16.2. The van der Waals surface area contributed by atoms with Gasteiger partial charge in [0.15, 0.2) is 0 Å². The monoisotopic (exact) mass is 306 g/mol. The summed E-state index contributed by atoms with van der Waals surface area (Å²) < 4.78 is 2.00. The molecule has 2 rings (SSSR count). The maximum atomic E-state index is 12.4. The van der Waals surface area contributed by atoms with Crippen LogP contribution in [-0.4, -0.2) is 39.7 Å². The van der Waals surface area contributed by atoms with Crippen molar-refractivity contribution >= 4 is 11.6 Å². The first-order valence-electron chi connectivity index (χ1n) is 8.61. The van der Waals surface area contributed by atoms with Crippen LogP contribution < -0.4 is 5.32 Å². The van der Waals surface area contributed by atoms with Gasteiger partial charge in [-0.15, -0.1) is 0 Å². The largest absolute Gasteiger partial charge is 0.379 e. The Balaban J connectivity index is 1.93. The summed E-state index contributed by atoms with van der Waals surface area (Å²) in [6.07, 6.45) is 5.36. The zero-order valence-electron chi connectivity index (χ0n) is 14.5. The molecule has 124 valence electrons. The number of likely N-dealkylation sites (tertiary alicyclic amines) is 1. The summed E-state index contributed by atoms with van der Waals surface area (Å²) in [6.45, 7) is 11.0. The summed E-state index contributed by atoms with van der Waals surface area (Å²) in [5, 5.41) is 8.01. The van der Waals surface area contributed by atoms with E-state index in [4.69, 9.17) is 0 Å². The topological polar surface area (TPSA) is 50.2 Å². The lowest BCUT2D eigenvalue weighted by Crippen LogP contribution is -2.35. The average Bonchev–Trinajstić information content (AvgIpc) is 2.71. The molecule has 1 N–H and O–H groups in total. The van der Waals surface area contributed by atoms with Crippen molar-refractivity contribution in [2.24, 2.45) is 0 Å². The van der Waals surface area contributed by atoms with E-state index >= 15 is 0 Å². The Morgan fingerprint density at radius 3 is 2.41 bits per heavy atom. The van der Waals surface area contributed by atoms with Gasteiger partial charge < -0.3 is 10.2 Å². The second kappa shape index (κ2) is 7.65. The van der Waals surface area contributed by atoms with Crippen LogP contribution in [-0.2, 0) is 11.3 Å². The number of nitrogens with zero attached hydrogens (tertiary/aromatic N) is 3. The predicted octanol–water partition coefficient (Wildman–Crippen LogP) is 3.11. The molecule has 1 amide bonds. The van der Waals surface area contributed by atoms with Gasteiger partial charge in [0.05, 0.1) is 17.1 Å². The molecule has 22 heavy (non-hydrogen) atoms. The van der Waals surface area contributed by atoms with Crippen molar-refractivity contribution in [3.8, 4) is 0 Å². The Bertz CT molecular complexity index is 501. The number of hydrogen-bond donors (Lipinski definition) is 1. The SMILES string of the molecule is CCn1nc(C)c(NC(C)CC(=O)N2CCCCCC2)c1C. The molecule has 5 nitrogen and oxygen atoms in total. The minimum atomic E-state index is 0.127. The van der Waals surface area contributed by atoms with Crippen LogP contribution in [0.2, 0.25) is 0 Å². The molecule has 0 aliphatic carbocycles. The normalized spacial score (nSPS) is 17.2. The molecule has 1 atom stereocenters. The van der Waals surface area contributed by atoms with E-state index in [0.717, 1.165) is 49.6 Å². The fraction of sp³-hybridized carbons (Fsp3) is 0.765. The molecule has 0 radical (unpaired) electrons. The van der Waals surface area contributed by atoms with Crippen LogP contribution >= 0.6 is 0 Å². The standard InChI is InChI=1S/C17H30N4O/c1-5-21-15(4)17(14(3)19-21)18-13(2)12-16(22)20-10-8-6-7-9-11-20/h13,18H,5-12H2,1-4H3. The van der Waals surface area contributed by atoms with Crippen LogP contribution in [0.5, 0.6) is 0 Å². The summed E-state index contributed by atoms with van der Waals surface area (Å²) in [7, 11) is 0. The first-order valence-corrected chi connectivity index (χ1v) is 8.61. The number of rotatable bonds is 5. The summed E-state index contributed by atoms with van der Waals surface area (Å²) in [4.78, 5) is 14.5. The lowest BCUT2D eigenvalue weighted by atomic mass is 10.2. The zero-order chi connectivity index (χ0) is 16.1. The van der Waals surface area contributed by atoms with Crippen molar-refractivity contribution in [1.82, 2.24) is 14.7 Å². The van der Waals surface area contributed by atoms with Gasteiger partial charge in [0.1, 0.15) is 0 Å². The van der Waals surface area contributed by atoms with E-state index in [1.54, 1.807) is 0 Å². The van der Waals surface area contributed by atoms with Gasteiger partial charge >= 0.3 is 0 Å². The lowest BCUT2D eigenvalue weighted by molar-refractivity contribution is -0.131. The molecular weight excluding hydrogens is 276 g/mol. The molecule has 1 saturated heterocycles. The molecule has 0 saturated carbocycles. The third-order valence-electron chi connectivity index (χ3n) is 4.51. The quantitative estimate of drug-likeness (QED) is 0.909. The number of anilines is 1. The van der Waals surface area contributed by atoms with Crippen molar-refractivity contribution in [2.45, 2.75) is 72.4 Å². The Kier molecular flexibility index (Phi) is 5.86. The number of aromatic nitrogens is 2. The molecule has 1 fully saturated rings. The van der Waals surface area contributed by atoms with E-state index in [9.17, 15) is 4.79 Å². The Morgan fingerprint density at radius 1 is 1.23 bits per heavy atom. The molecule has 1 unspecified atom stereocenters. The Morgan fingerprint density at radius 2 is 1.86 bits per heavy atom. The van der Waals surface area contributed by atoms with Gasteiger partial charge in [-0.05, 0) is 40.5 Å². The summed E-state index contributed by atoms with van der Waals surface area (Å²) >= 11 is 0. The van der Waals surface area contributed by atoms with Crippen molar-refractivity contribution < 1.29 is 4.79 Å². The molecule has 1 aliphatic rings. The molecule has 0 bridgehead atoms. The van der Waals surface area contributed by atoms with Crippen molar-refractivity contribution in [1.29, 1.82) is 0 Å². The Labute approximate surface area is 134 Å². The number of aryl methyl sites for hydroxylation is 2. The molecule has 1 aliphatic heterocycles. The van der Waals surface area contributed by atoms with E-state index in [1.807, 2.05) is 16.5 Å². The van der Waals surface area contributed by atoms with Gasteiger partial charge in [0.2, 0.25) is 5.91 Å². The van der Waals surface area contributed by atoms with Crippen molar-refractivity contribution in [3.05, 3.63) is 11.4 Å². The van der Waals surface area contributed by atoms with Gasteiger partial charge in [0, 0.05) is 32.1 Å².